The van der Waals surface area contributed by atoms with Crippen molar-refractivity contribution in [3.8, 4) is 11.5 Å². The number of likely N-dealkylation sites (N-methyl/N-ethyl adjacent to an activating group) is 1. The second-order valence-corrected chi connectivity index (χ2v) is 3.38. The fourth-order valence-corrected chi connectivity index (χ4v) is 1.34. The van der Waals surface area contributed by atoms with E-state index in [1.807, 2.05) is 0 Å². The van der Waals surface area contributed by atoms with E-state index >= 15 is 0 Å². The van der Waals surface area contributed by atoms with Gasteiger partial charge in [-0.25, -0.2) is 0 Å². The molecule has 0 radical (unpaired) electrons. The molecule has 0 unspecified atom stereocenters. The number of methoxy groups -OCH3 is 2. The zero-order valence-corrected chi connectivity index (χ0v) is 10.6. The van der Waals surface area contributed by atoms with Crippen molar-refractivity contribution >= 4 is 17.5 Å². The van der Waals surface area contributed by atoms with Gasteiger partial charge in [0, 0.05) is 18.3 Å². The number of amides is 2. The van der Waals surface area contributed by atoms with Crippen molar-refractivity contribution in [3.05, 3.63) is 18.2 Å². The molecular formula is C12H16N2O4. The summed E-state index contributed by atoms with van der Waals surface area (Å²) in [6.07, 6.45) is 0. The van der Waals surface area contributed by atoms with Gasteiger partial charge in [0.1, 0.15) is 0 Å². The molecule has 1 rings (SSSR count). The third kappa shape index (κ3) is 3.38. The molecule has 2 N–H and O–H groups in total. The Bertz CT molecular complexity index is 446. The minimum absolute atomic E-state index is 0.401. The molecule has 0 aliphatic carbocycles. The number of ether oxygens (including phenoxy) is 2. The maximum Gasteiger partial charge on any atom is 0.313 e. The largest absolute Gasteiger partial charge is 0.493 e. The molecule has 1 aromatic rings. The van der Waals surface area contributed by atoms with Gasteiger partial charge < -0.3 is 20.1 Å². The Kier molecular flexibility index (Phi) is 4.98. The van der Waals surface area contributed by atoms with E-state index < -0.39 is 11.8 Å². The average Bonchev–Trinajstić information content (AvgIpc) is 2.38. The minimum Gasteiger partial charge on any atom is -0.493 e. The van der Waals surface area contributed by atoms with Crippen molar-refractivity contribution in [2.75, 3.05) is 26.1 Å². The number of benzene rings is 1. The monoisotopic (exact) mass is 252 g/mol. The molecule has 98 valence electrons. The third-order valence-corrected chi connectivity index (χ3v) is 2.18. The molecule has 2 amide bonds. The SMILES string of the molecule is CCNC(=O)C(=O)Nc1ccc(OC)c(OC)c1. The van der Waals surface area contributed by atoms with Gasteiger partial charge in [0.25, 0.3) is 0 Å². The summed E-state index contributed by atoms with van der Waals surface area (Å²) in [7, 11) is 3.01. The summed E-state index contributed by atoms with van der Waals surface area (Å²) in [6, 6.07) is 4.85. The van der Waals surface area contributed by atoms with E-state index in [0.29, 0.717) is 23.7 Å². The van der Waals surface area contributed by atoms with Crippen molar-refractivity contribution in [1.29, 1.82) is 0 Å². The fourth-order valence-electron chi connectivity index (χ4n) is 1.34. The van der Waals surface area contributed by atoms with Gasteiger partial charge in [0.15, 0.2) is 11.5 Å². The molecule has 0 saturated heterocycles. The maximum absolute atomic E-state index is 11.5. The number of hydrogen-bond acceptors (Lipinski definition) is 4. The van der Waals surface area contributed by atoms with Crippen LogP contribution in [0.5, 0.6) is 11.5 Å². The van der Waals surface area contributed by atoms with Crippen molar-refractivity contribution in [2.24, 2.45) is 0 Å². The van der Waals surface area contributed by atoms with E-state index in [-0.39, 0.29) is 0 Å². The fraction of sp³-hybridized carbons (Fsp3) is 0.333. The first kappa shape index (κ1) is 13.8. The quantitative estimate of drug-likeness (QED) is 0.776. The highest BCUT2D eigenvalue weighted by molar-refractivity contribution is 6.39. The average molecular weight is 252 g/mol. The molecule has 0 heterocycles. The van der Waals surface area contributed by atoms with Gasteiger partial charge in [0.2, 0.25) is 0 Å². The number of nitrogens with one attached hydrogen (secondary N) is 2. The summed E-state index contributed by atoms with van der Waals surface area (Å²) in [5.41, 5.74) is 0.462. The van der Waals surface area contributed by atoms with Crippen LogP contribution in [0, 0.1) is 0 Å². The van der Waals surface area contributed by atoms with E-state index in [1.54, 1.807) is 25.1 Å². The Morgan fingerprint density at radius 3 is 2.33 bits per heavy atom. The van der Waals surface area contributed by atoms with Crippen molar-refractivity contribution in [2.45, 2.75) is 6.92 Å². The van der Waals surface area contributed by atoms with Gasteiger partial charge in [-0.3, -0.25) is 9.59 Å². The number of rotatable bonds is 4. The molecule has 6 nitrogen and oxygen atoms in total. The molecular weight excluding hydrogens is 236 g/mol. The van der Waals surface area contributed by atoms with E-state index in [4.69, 9.17) is 9.47 Å². The van der Waals surface area contributed by atoms with Gasteiger partial charge >= 0.3 is 11.8 Å². The minimum atomic E-state index is -0.718. The molecule has 6 heteroatoms. The maximum atomic E-state index is 11.5. The van der Waals surface area contributed by atoms with Gasteiger partial charge in [-0.15, -0.1) is 0 Å². The smallest absolute Gasteiger partial charge is 0.313 e. The first-order valence-corrected chi connectivity index (χ1v) is 5.43. The second kappa shape index (κ2) is 6.48. The Morgan fingerprint density at radius 1 is 1.11 bits per heavy atom. The highest BCUT2D eigenvalue weighted by atomic mass is 16.5. The first-order valence-electron chi connectivity index (χ1n) is 5.43. The Labute approximate surface area is 105 Å². The molecule has 0 aliphatic heterocycles. The highest BCUT2D eigenvalue weighted by Crippen LogP contribution is 2.29. The van der Waals surface area contributed by atoms with Crippen LogP contribution in [-0.4, -0.2) is 32.6 Å². The molecule has 0 atom stereocenters. The summed E-state index contributed by atoms with van der Waals surface area (Å²) in [5.74, 6) is -0.365. The van der Waals surface area contributed by atoms with Crippen LogP contribution in [0.3, 0.4) is 0 Å². The summed E-state index contributed by atoms with van der Waals surface area (Å²) < 4.78 is 10.2. The van der Waals surface area contributed by atoms with E-state index in [2.05, 4.69) is 10.6 Å². The summed E-state index contributed by atoms with van der Waals surface area (Å²) in [5, 5.41) is 4.88. The number of carbonyl (C=O) groups is 2. The van der Waals surface area contributed by atoms with E-state index in [1.165, 1.54) is 14.2 Å². The van der Waals surface area contributed by atoms with Crippen molar-refractivity contribution < 1.29 is 19.1 Å². The lowest BCUT2D eigenvalue weighted by atomic mass is 10.2. The lowest BCUT2D eigenvalue weighted by molar-refractivity contribution is -0.136. The van der Waals surface area contributed by atoms with Crippen LogP contribution >= 0.6 is 0 Å². The van der Waals surface area contributed by atoms with E-state index in [9.17, 15) is 9.59 Å². The molecule has 0 spiro atoms. The Hall–Kier alpha value is -2.24. The normalized spacial score (nSPS) is 9.50. The number of hydrogen-bond donors (Lipinski definition) is 2. The van der Waals surface area contributed by atoms with Crippen LogP contribution in [0.1, 0.15) is 6.92 Å². The predicted molar refractivity (Wildman–Crippen MR) is 66.9 cm³/mol. The predicted octanol–water partition coefficient (Wildman–Crippen LogP) is 0.778. The molecule has 0 fully saturated rings. The van der Waals surface area contributed by atoms with E-state index in [0.717, 1.165) is 0 Å². The van der Waals surface area contributed by atoms with Crippen LogP contribution in [0.15, 0.2) is 18.2 Å². The topological polar surface area (TPSA) is 76.7 Å². The molecule has 0 saturated carbocycles. The van der Waals surface area contributed by atoms with Gasteiger partial charge in [0.05, 0.1) is 14.2 Å². The first-order chi connectivity index (χ1) is 8.62. The van der Waals surface area contributed by atoms with Crippen LogP contribution < -0.4 is 20.1 Å². The highest BCUT2D eigenvalue weighted by Gasteiger charge is 2.13. The lowest BCUT2D eigenvalue weighted by Crippen LogP contribution is -2.35. The number of carbonyl (C=O) groups excluding carboxylic acids is 2. The molecule has 0 bridgehead atoms. The van der Waals surface area contributed by atoms with Crippen molar-refractivity contribution in [3.63, 3.8) is 0 Å². The second-order valence-electron chi connectivity index (χ2n) is 3.38. The summed E-state index contributed by atoms with van der Waals surface area (Å²) in [4.78, 5) is 22.7. The lowest BCUT2D eigenvalue weighted by Gasteiger charge is -2.10. The standard InChI is InChI=1S/C12H16N2O4/c1-4-13-11(15)12(16)14-8-5-6-9(17-2)10(7-8)18-3/h5-7H,4H2,1-3H3,(H,13,15)(H,14,16). The molecule has 18 heavy (non-hydrogen) atoms. The zero-order valence-electron chi connectivity index (χ0n) is 10.6. The molecule has 0 aromatic heterocycles. The van der Waals surface area contributed by atoms with Gasteiger partial charge in [-0.05, 0) is 19.1 Å². The van der Waals surface area contributed by atoms with Crippen molar-refractivity contribution in [1.82, 2.24) is 5.32 Å². The zero-order chi connectivity index (χ0) is 13.5. The Morgan fingerprint density at radius 2 is 1.78 bits per heavy atom. The number of anilines is 1. The van der Waals surface area contributed by atoms with Crippen LogP contribution in [-0.2, 0) is 9.59 Å². The Balaban J connectivity index is 2.79. The summed E-state index contributed by atoms with van der Waals surface area (Å²) >= 11 is 0. The van der Waals surface area contributed by atoms with Crippen LogP contribution in [0.4, 0.5) is 5.69 Å². The van der Waals surface area contributed by atoms with Crippen LogP contribution in [0.25, 0.3) is 0 Å². The molecule has 1 aromatic carbocycles. The molecule has 0 aliphatic rings. The summed E-state index contributed by atoms with van der Waals surface area (Å²) in [6.45, 7) is 2.14. The van der Waals surface area contributed by atoms with Crippen LogP contribution in [0.2, 0.25) is 0 Å². The van der Waals surface area contributed by atoms with Gasteiger partial charge in [-0.2, -0.15) is 0 Å². The van der Waals surface area contributed by atoms with Gasteiger partial charge in [-0.1, -0.05) is 0 Å². The third-order valence-electron chi connectivity index (χ3n) is 2.18.